The fraction of sp³-hybridized carbons (Fsp3) is 0.176. The lowest BCUT2D eigenvalue weighted by molar-refractivity contribution is 0.416. The van der Waals surface area contributed by atoms with E-state index < -0.39 is 0 Å². The number of anilines is 4. The molecule has 0 amide bonds. The van der Waals surface area contributed by atoms with Crippen molar-refractivity contribution in [2.24, 2.45) is 0 Å². The van der Waals surface area contributed by atoms with Gasteiger partial charge in [0, 0.05) is 35.9 Å². The van der Waals surface area contributed by atoms with Gasteiger partial charge >= 0.3 is 0 Å². The molecule has 0 saturated carbocycles. The summed E-state index contributed by atoms with van der Waals surface area (Å²) in [6.07, 6.45) is 1.59. The molecule has 0 aliphatic heterocycles. The van der Waals surface area contributed by atoms with Crippen LogP contribution in [0.25, 0.3) is 11.3 Å². The Morgan fingerprint density at radius 3 is 2.44 bits per heavy atom. The van der Waals surface area contributed by atoms with Crippen molar-refractivity contribution in [3.63, 3.8) is 0 Å². The number of ether oxygens (including phenoxy) is 1. The van der Waals surface area contributed by atoms with Crippen molar-refractivity contribution in [2.45, 2.75) is 0 Å². The molecule has 0 radical (unpaired) electrons. The van der Waals surface area contributed by atoms with Crippen LogP contribution >= 0.6 is 11.6 Å². The highest BCUT2D eigenvalue weighted by Crippen LogP contribution is 2.32. The van der Waals surface area contributed by atoms with Crippen molar-refractivity contribution in [3.05, 3.63) is 41.6 Å². The number of hydrogen-bond donors (Lipinski definition) is 4. The zero-order chi connectivity index (χ0) is 19.2. The number of nitrogens with one attached hydrogen (secondary N) is 2. The fourth-order valence-corrected chi connectivity index (χ4v) is 2.60. The maximum Gasteiger partial charge on any atom is 0.222 e. The van der Waals surface area contributed by atoms with E-state index in [2.05, 4.69) is 30.6 Å². The molecular formula is C17H19ClN8O. The summed E-state index contributed by atoms with van der Waals surface area (Å²) in [6, 6.07) is 8.82. The summed E-state index contributed by atoms with van der Waals surface area (Å²) >= 11 is 6.10. The molecule has 10 heteroatoms. The van der Waals surface area contributed by atoms with Crippen molar-refractivity contribution in [3.8, 4) is 17.0 Å². The zero-order valence-corrected chi connectivity index (χ0v) is 15.4. The normalized spacial score (nSPS) is 10.4. The van der Waals surface area contributed by atoms with Gasteiger partial charge in [-0.2, -0.15) is 9.97 Å². The summed E-state index contributed by atoms with van der Waals surface area (Å²) in [6.45, 7) is 1.17. The van der Waals surface area contributed by atoms with Crippen LogP contribution in [0, 0.1) is 0 Å². The van der Waals surface area contributed by atoms with Crippen LogP contribution in [-0.4, -0.2) is 40.1 Å². The molecule has 0 unspecified atom stereocenters. The van der Waals surface area contributed by atoms with Crippen LogP contribution < -0.4 is 26.8 Å². The topological polar surface area (TPSA) is 137 Å². The monoisotopic (exact) mass is 386 g/mol. The number of rotatable bonds is 7. The van der Waals surface area contributed by atoms with E-state index in [1.165, 1.54) is 0 Å². The second-order valence-electron chi connectivity index (χ2n) is 5.49. The molecule has 3 aromatic rings. The summed E-state index contributed by atoms with van der Waals surface area (Å²) in [5.41, 5.74) is 12.7. The van der Waals surface area contributed by atoms with E-state index in [4.69, 9.17) is 27.8 Å². The number of aromatic nitrogens is 4. The highest BCUT2D eigenvalue weighted by Gasteiger charge is 2.11. The van der Waals surface area contributed by atoms with Gasteiger partial charge in [-0.05, 0) is 24.3 Å². The number of nitrogen functional groups attached to an aromatic ring is 2. The Kier molecular flexibility index (Phi) is 5.72. The van der Waals surface area contributed by atoms with Crippen LogP contribution in [0.2, 0.25) is 5.02 Å². The number of nitrogens with zero attached hydrogens (tertiary/aromatic N) is 4. The third kappa shape index (κ3) is 4.85. The molecule has 0 bridgehead atoms. The first kappa shape index (κ1) is 18.5. The number of methoxy groups -OCH3 is 1. The van der Waals surface area contributed by atoms with E-state index in [1.54, 1.807) is 43.6 Å². The van der Waals surface area contributed by atoms with Gasteiger partial charge in [0.25, 0.3) is 0 Å². The van der Waals surface area contributed by atoms with Crippen LogP contribution in [0.5, 0.6) is 5.75 Å². The Labute approximate surface area is 161 Å². The molecule has 1 aromatic carbocycles. The van der Waals surface area contributed by atoms with Crippen molar-refractivity contribution in [2.75, 3.05) is 42.3 Å². The summed E-state index contributed by atoms with van der Waals surface area (Å²) in [5.74, 6) is 2.25. The van der Waals surface area contributed by atoms with Crippen molar-refractivity contribution < 1.29 is 4.74 Å². The number of nitrogens with two attached hydrogens (primary N) is 2. The van der Waals surface area contributed by atoms with E-state index in [1.807, 2.05) is 0 Å². The molecule has 6 N–H and O–H groups in total. The first-order valence-electron chi connectivity index (χ1n) is 8.10. The molecule has 0 saturated heterocycles. The van der Waals surface area contributed by atoms with Crippen LogP contribution in [0.3, 0.4) is 0 Å². The maximum absolute atomic E-state index is 6.10. The Morgan fingerprint density at radius 1 is 0.963 bits per heavy atom. The highest BCUT2D eigenvalue weighted by molar-refractivity contribution is 6.31. The number of benzene rings is 1. The third-order valence-corrected chi connectivity index (χ3v) is 3.83. The predicted molar refractivity (Wildman–Crippen MR) is 107 cm³/mol. The molecule has 3 rings (SSSR count). The minimum atomic E-state index is 0.147. The van der Waals surface area contributed by atoms with Crippen LogP contribution in [0.15, 0.2) is 36.5 Å². The van der Waals surface area contributed by atoms with Gasteiger partial charge in [0.2, 0.25) is 11.9 Å². The Morgan fingerprint density at radius 2 is 1.70 bits per heavy atom. The SMILES string of the molecule is COc1ccc(Cl)cc1-c1cc(NCCNc2ccnc(N)n2)nc(N)n1. The molecule has 0 atom stereocenters. The van der Waals surface area contributed by atoms with Gasteiger partial charge < -0.3 is 26.8 Å². The second-order valence-corrected chi connectivity index (χ2v) is 5.93. The standard InChI is InChI=1S/C17H19ClN8O/c1-27-13-3-2-10(18)8-11(13)12-9-15(26-17(20)24-12)22-7-6-21-14-4-5-23-16(19)25-14/h2-5,8-9H,6-7H2,1H3,(H3,19,21,23,25)(H3,20,22,24,26). The van der Waals surface area contributed by atoms with Gasteiger partial charge in [-0.1, -0.05) is 11.6 Å². The molecule has 9 nitrogen and oxygen atoms in total. The van der Waals surface area contributed by atoms with Crippen molar-refractivity contribution >= 4 is 35.1 Å². The Hall–Kier alpha value is -3.33. The Bertz CT molecular complexity index is 937. The second kappa shape index (κ2) is 8.37. The molecule has 0 fully saturated rings. The largest absolute Gasteiger partial charge is 0.496 e. The average molecular weight is 387 g/mol. The van der Waals surface area contributed by atoms with Crippen molar-refractivity contribution in [1.29, 1.82) is 0 Å². The van der Waals surface area contributed by atoms with E-state index in [0.29, 0.717) is 41.2 Å². The smallest absolute Gasteiger partial charge is 0.222 e. The molecular weight excluding hydrogens is 368 g/mol. The van der Waals surface area contributed by atoms with E-state index >= 15 is 0 Å². The maximum atomic E-state index is 6.10. The van der Waals surface area contributed by atoms with Gasteiger partial charge in [0.1, 0.15) is 17.4 Å². The van der Waals surface area contributed by atoms with E-state index in [0.717, 1.165) is 5.56 Å². The van der Waals surface area contributed by atoms with Gasteiger partial charge in [-0.3, -0.25) is 0 Å². The molecule has 0 aliphatic carbocycles. The molecule has 140 valence electrons. The highest BCUT2D eigenvalue weighted by atomic mass is 35.5. The number of hydrogen-bond acceptors (Lipinski definition) is 9. The summed E-state index contributed by atoms with van der Waals surface area (Å²) in [5, 5.41) is 6.90. The van der Waals surface area contributed by atoms with Gasteiger partial charge in [-0.15, -0.1) is 0 Å². The average Bonchev–Trinajstić information content (AvgIpc) is 2.65. The summed E-state index contributed by atoms with van der Waals surface area (Å²) in [7, 11) is 1.59. The summed E-state index contributed by atoms with van der Waals surface area (Å²) < 4.78 is 5.38. The summed E-state index contributed by atoms with van der Waals surface area (Å²) in [4.78, 5) is 16.4. The lowest BCUT2D eigenvalue weighted by atomic mass is 10.1. The van der Waals surface area contributed by atoms with Gasteiger partial charge in [0.15, 0.2) is 0 Å². The van der Waals surface area contributed by atoms with Crippen LogP contribution in [-0.2, 0) is 0 Å². The lowest BCUT2D eigenvalue weighted by Crippen LogP contribution is -2.16. The van der Waals surface area contributed by atoms with Crippen LogP contribution in [0.4, 0.5) is 23.5 Å². The molecule has 0 spiro atoms. The van der Waals surface area contributed by atoms with E-state index in [9.17, 15) is 0 Å². The molecule has 27 heavy (non-hydrogen) atoms. The van der Waals surface area contributed by atoms with Gasteiger partial charge in [0.05, 0.1) is 12.8 Å². The quantitative estimate of drug-likeness (QED) is 0.450. The minimum Gasteiger partial charge on any atom is -0.496 e. The predicted octanol–water partition coefficient (Wildman–Crippen LogP) is 2.28. The minimum absolute atomic E-state index is 0.147. The van der Waals surface area contributed by atoms with Crippen molar-refractivity contribution in [1.82, 2.24) is 19.9 Å². The first-order chi connectivity index (χ1) is 13.0. The fourth-order valence-electron chi connectivity index (χ4n) is 2.43. The first-order valence-corrected chi connectivity index (χ1v) is 8.47. The number of halogens is 1. The molecule has 2 aromatic heterocycles. The van der Waals surface area contributed by atoms with Crippen LogP contribution in [0.1, 0.15) is 0 Å². The zero-order valence-electron chi connectivity index (χ0n) is 14.6. The van der Waals surface area contributed by atoms with E-state index in [-0.39, 0.29) is 11.9 Å². The Balaban J connectivity index is 1.69. The third-order valence-electron chi connectivity index (χ3n) is 3.59. The molecule has 2 heterocycles. The van der Waals surface area contributed by atoms with Gasteiger partial charge in [-0.25, -0.2) is 9.97 Å². The molecule has 0 aliphatic rings. The lowest BCUT2D eigenvalue weighted by Gasteiger charge is -2.12.